The maximum absolute atomic E-state index is 10.8. The number of aliphatic hydroxyl groups is 2. The largest absolute Gasteiger partial charge is 0.433 e. The third-order valence-electron chi connectivity index (χ3n) is 1.37. The number of carbonyl (C=O) groups excluding carboxylic acids is 1. The number of esters is 1. The number of carbonyl (C=O) groups is 1. The van der Waals surface area contributed by atoms with Gasteiger partial charge in [-0.25, -0.2) is 0 Å². The fraction of sp³-hybridized carbons (Fsp3) is 0.875. The van der Waals surface area contributed by atoms with Gasteiger partial charge >= 0.3 is 5.97 Å². The molecule has 0 heterocycles. The maximum atomic E-state index is 10.8. The molecule has 2 atom stereocenters. The van der Waals surface area contributed by atoms with Gasteiger partial charge in [0.05, 0.1) is 6.61 Å². The van der Waals surface area contributed by atoms with E-state index in [4.69, 9.17) is 19.7 Å². The standard InChI is InChI=1S/C8H16O5/c1-3-7(11)13-8(12-4-2)6(10)5-9/h6,8-10H,3-5H2,1-2H3. The highest BCUT2D eigenvalue weighted by molar-refractivity contribution is 5.69. The lowest BCUT2D eigenvalue weighted by Crippen LogP contribution is -2.36. The second-order valence-electron chi connectivity index (χ2n) is 2.42. The molecule has 0 aromatic carbocycles. The first kappa shape index (κ1) is 12.3. The Labute approximate surface area is 77.3 Å². The molecule has 0 spiro atoms. The fourth-order valence-electron chi connectivity index (χ4n) is 0.687. The molecule has 0 aromatic heterocycles. The summed E-state index contributed by atoms with van der Waals surface area (Å²) in [6, 6.07) is 0. The van der Waals surface area contributed by atoms with Gasteiger partial charge in [-0.05, 0) is 6.92 Å². The van der Waals surface area contributed by atoms with Crippen molar-refractivity contribution in [3.05, 3.63) is 0 Å². The second kappa shape index (κ2) is 6.82. The maximum Gasteiger partial charge on any atom is 0.307 e. The van der Waals surface area contributed by atoms with Crippen molar-refractivity contribution in [1.82, 2.24) is 0 Å². The van der Waals surface area contributed by atoms with Crippen molar-refractivity contribution in [3.8, 4) is 0 Å². The molecule has 2 N–H and O–H groups in total. The van der Waals surface area contributed by atoms with Crippen molar-refractivity contribution in [1.29, 1.82) is 0 Å². The summed E-state index contributed by atoms with van der Waals surface area (Å²) in [6.45, 7) is 3.15. The topological polar surface area (TPSA) is 76.0 Å². The van der Waals surface area contributed by atoms with Gasteiger partial charge in [-0.3, -0.25) is 4.79 Å². The summed E-state index contributed by atoms with van der Waals surface area (Å²) in [5.74, 6) is -0.467. The van der Waals surface area contributed by atoms with Gasteiger partial charge in [-0.2, -0.15) is 0 Å². The van der Waals surface area contributed by atoms with E-state index in [1.807, 2.05) is 0 Å². The highest BCUT2D eigenvalue weighted by Crippen LogP contribution is 2.03. The van der Waals surface area contributed by atoms with Crippen LogP contribution in [0.4, 0.5) is 0 Å². The van der Waals surface area contributed by atoms with E-state index in [1.54, 1.807) is 13.8 Å². The fourth-order valence-corrected chi connectivity index (χ4v) is 0.687. The highest BCUT2D eigenvalue weighted by atomic mass is 16.7. The SMILES string of the molecule is CCOC(OC(=O)CC)C(O)CO. The van der Waals surface area contributed by atoms with Gasteiger partial charge in [0.2, 0.25) is 6.29 Å². The van der Waals surface area contributed by atoms with Gasteiger partial charge in [0, 0.05) is 13.0 Å². The Kier molecular flexibility index (Phi) is 6.48. The average Bonchev–Trinajstić information content (AvgIpc) is 2.15. The number of hydrogen-bond donors (Lipinski definition) is 2. The minimum Gasteiger partial charge on any atom is -0.433 e. The van der Waals surface area contributed by atoms with E-state index in [0.717, 1.165) is 0 Å². The number of hydrogen-bond acceptors (Lipinski definition) is 5. The van der Waals surface area contributed by atoms with Gasteiger partial charge in [0.25, 0.3) is 0 Å². The summed E-state index contributed by atoms with van der Waals surface area (Å²) >= 11 is 0. The molecule has 0 bridgehead atoms. The van der Waals surface area contributed by atoms with Crippen LogP contribution in [0.5, 0.6) is 0 Å². The van der Waals surface area contributed by atoms with E-state index in [9.17, 15) is 4.79 Å². The smallest absolute Gasteiger partial charge is 0.307 e. The van der Waals surface area contributed by atoms with Gasteiger partial charge < -0.3 is 19.7 Å². The van der Waals surface area contributed by atoms with E-state index >= 15 is 0 Å². The molecule has 0 fully saturated rings. The summed E-state index contributed by atoms with van der Waals surface area (Å²) in [6.07, 6.45) is -2.04. The lowest BCUT2D eigenvalue weighted by molar-refractivity contribution is -0.206. The zero-order chi connectivity index (χ0) is 10.3. The Balaban J connectivity index is 4.00. The monoisotopic (exact) mass is 192 g/mol. The van der Waals surface area contributed by atoms with E-state index in [2.05, 4.69) is 0 Å². The lowest BCUT2D eigenvalue weighted by Gasteiger charge is -2.20. The van der Waals surface area contributed by atoms with Crippen LogP contribution in [0.3, 0.4) is 0 Å². The number of aliphatic hydroxyl groups excluding tert-OH is 2. The molecule has 0 aliphatic rings. The summed E-state index contributed by atoms with van der Waals surface area (Å²) in [7, 11) is 0. The van der Waals surface area contributed by atoms with Crippen LogP contribution < -0.4 is 0 Å². The van der Waals surface area contributed by atoms with E-state index < -0.39 is 25.0 Å². The lowest BCUT2D eigenvalue weighted by atomic mass is 10.3. The Morgan fingerprint density at radius 3 is 2.46 bits per heavy atom. The van der Waals surface area contributed by atoms with Crippen LogP contribution >= 0.6 is 0 Å². The molecule has 78 valence electrons. The van der Waals surface area contributed by atoms with Crippen molar-refractivity contribution < 1.29 is 24.5 Å². The van der Waals surface area contributed by atoms with Crippen LogP contribution in [-0.2, 0) is 14.3 Å². The second-order valence-corrected chi connectivity index (χ2v) is 2.42. The number of rotatable bonds is 6. The third kappa shape index (κ3) is 4.82. The first-order valence-electron chi connectivity index (χ1n) is 4.25. The summed E-state index contributed by atoms with van der Waals surface area (Å²) in [5, 5.41) is 17.7. The molecule has 5 heteroatoms. The molecule has 0 radical (unpaired) electrons. The molecule has 5 nitrogen and oxygen atoms in total. The van der Waals surface area contributed by atoms with Crippen LogP contribution in [0.2, 0.25) is 0 Å². The Bertz CT molecular complexity index is 147. The first-order valence-corrected chi connectivity index (χ1v) is 4.25. The van der Waals surface area contributed by atoms with Gasteiger partial charge in [0.15, 0.2) is 0 Å². The number of ether oxygens (including phenoxy) is 2. The normalized spacial score (nSPS) is 15.1. The molecule has 0 aliphatic carbocycles. The Hall–Kier alpha value is -0.650. The zero-order valence-corrected chi connectivity index (χ0v) is 7.90. The van der Waals surface area contributed by atoms with Crippen LogP contribution in [0.1, 0.15) is 20.3 Å². The minimum atomic E-state index is -1.18. The molecule has 0 saturated carbocycles. The molecular formula is C8H16O5. The minimum absolute atomic E-state index is 0.210. The molecule has 0 aromatic rings. The highest BCUT2D eigenvalue weighted by Gasteiger charge is 2.22. The predicted octanol–water partition coefficient (Wildman–Crippen LogP) is -0.345. The summed E-state index contributed by atoms with van der Waals surface area (Å²) in [5.41, 5.74) is 0. The molecule has 13 heavy (non-hydrogen) atoms. The van der Waals surface area contributed by atoms with Gasteiger partial charge in [-0.1, -0.05) is 6.92 Å². The van der Waals surface area contributed by atoms with Crippen LogP contribution in [0, 0.1) is 0 Å². The molecule has 0 aliphatic heterocycles. The van der Waals surface area contributed by atoms with E-state index in [0.29, 0.717) is 6.61 Å². The third-order valence-corrected chi connectivity index (χ3v) is 1.37. The van der Waals surface area contributed by atoms with Gasteiger partial charge in [-0.15, -0.1) is 0 Å². The molecule has 0 rings (SSSR count). The van der Waals surface area contributed by atoms with Crippen LogP contribution in [0.15, 0.2) is 0 Å². The summed E-state index contributed by atoms with van der Waals surface area (Å²) in [4.78, 5) is 10.8. The van der Waals surface area contributed by atoms with Crippen molar-refractivity contribution in [2.24, 2.45) is 0 Å². The zero-order valence-electron chi connectivity index (χ0n) is 7.90. The average molecular weight is 192 g/mol. The summed E-state index contributed by atoms with van der Waals surface area (Å²) < 4.78 is 9.64. The van der Waals surface area contributed by atoms with E-state index in [1.165, 1.54) is 0 Å². The molecule has 2 unspecified atom stereocenters. The van der Waals surface area contributed by atoms with Crippen LogP contribution in [-0.4, -0.2) is 41.8 Å². The first-order chi connectivity index (χ1) is 6.15. The Morgan fingerprint density at radius 2 is 2.08 bits per heavy atom. The quantitative estimate of drug-likeness (QED) is 0.444. The van der Waals surface area contributed by atoms with Crippen LogP contribution in [0.25, 0.3) is 0 Å². The Morgan fingerprint density at radius 1 is 1.46 bits per heavy atom. The molecule has 0 saturated heterocycles. The molecular weight excluding hydrogens is 176 g/mol. The van der Waals surface area contributed by atoms with Crippen molar-refractivity contribution >= 4 is 5.97 Å². The molecule has 0 amide bonds. The van der Waals surface area contributed by atoms with Gasteiger partial charge in [0.1, 0.15) is 6.10 Å². The van der Waals surface area contributed by atoms with E-state index in [-0.39, 0.29) is 6.42 Å². The van der Waals surface area contributed by atoms with Crippen molar-refractivity contribution in [3.63, 3.8) is 0 Å². The predicted molar refractivity (Wildman–Crippen MR) is 44.9 cm³/mol. The van der Waals surface area contributed by atoms with Crippen molar-refractivity contribution in [2.75, 3.05) is 13.2 Å². The van der Waals surface area contributed by atoms with Crippen molar-refractivity contribution in [2.45, 2.75) is 32.7 Å².